The lowest BCUT2D eigenvalue weighted by Gasteiger charge is -2.09. The molecule has 4 nitrogen and oxygen atoms in total. The van der Waals surface area contributed by atoms with E-state index in [1.165, 1.54) is 12.1 Å². The van der Waals surface area contributed by atoms with Crippen LogP contribution in [0.5, 0.6) is 0 Å². The quantitative estimate of drug-likeness (QED) is 0.178. The number of aryl methyl sites for hydroxylation is 2. The number of rotatable bonds is 7. The second-order valence-corrected chi connectivity index (χ2v) is 10.4. The molecule has 0 saturated carbocycles. The minimum Gasteiger partial charge on any atom is -0.322 e. The summed E-state index contributed by atoms with van der Waals surface area (Å²) in [6, 6.07) is 34.5. The highest BCUT2D eigenvalue weighted by atomic mass is 19.4. The maximum atomic E-state index is 12.6. The largest absolute Gasteiger partial charge is 0.416 e. The van der Waals surface area contributed by atoms with E-state index in [4.69, 9.17) is 0 Å². The Morgan fingerprint density at radius 2 is 1.00 bits per heavy atom. The maximum absolute atomic E-state index is 12.6. The molecular weight excluding hydrogens is 585 g/mol. The molecule has 0 bridgehead atoms. The molecule has 46 heavy (non-hydrogen) atoms. The normalized spacial score (nSPS) is 10.9. The molecule has 2 amide bonds. The number of nitrogens with one attached hydrogen (secondary N) is 2. The third-order valence-corrected chi connectivity index (χ3v) is 7.03. The van der Waals surface area contributed by atoms with E-state index in [1.54, 1.807) is 54.6 Å². The van der Waals surface area contributed by atoms with E-state index in [0.29, 0.717) is 22.4 Å². The highest BCUT2D eigenvalue weighted by Gasteiger charge is 2.29. The molecule has 0 radical (unpaired) electrons. The number of amides is 2. The summed E-state index contributed by atoms with van der Waals surface area (Å²) in [5.74, 6) is -0.299. The Morgan fingerprint density at radius 3 is 1.46 bits per heavy atom. The van der Waals surface area contributed by atoms with Gasteiger partial charge in [-0.15, -0.1) is 0 Å². The molecule has 0 aliphatic heterocycles. The lowest BCUT2D eigenvalue weighted by molar-refractivity contribution is -0.137. The highest BCUT2D eigenvalue weighted by Crippen LogP contribution is 2.29. The Hall–Kier alpha value is -5.69. The average molecular weight is 619 g/mol. The molecule has 0 saturated heterocycles. The molecule has 0 spiro atoms. The van der Waals surface area contributed by atoms with Gasteiger partial charge in [-0.3, -0.25) is 9.59 Å². The number of hydrogen-bond acceptors (Lipinski definition) is 2. The van der Waals surface area contributed by atoms with Crippen LogP contribution in [0.3, 0.4) is 0 Å². The van der Waals surface area contributed by atoms with Crippen molar-refractivity contribution >= 4 is 41.4 Å². The Bertz CT molecular complexity index is 1830. The molecule has 0 aromatic heterocycles. The molecule has 5 aromatic carbocycles. The van der Waals surface area contributed by atoms with Crippen LogP contribution in [0.25, 0.3) is 18.2 Å². The van der Waals surface area contributed by atoms with Gasteiger partial charge in [-0.05, 0) is 90.2 Å². The number of benzene rings is 5. The second-order valence-electron chi connectivity index (χ2n) is 10.4. The van der Waals surface area contributed by atoms with E-state index in [9.17, 15) is 22.8 Å². The molecule has 0 aliphatic rings. The van der Waals surface area contributed by atoms with E-state index >= 15 is 0 Å². The predicted molar refractivity (Wildman–Crippen MR) is 182 cm³/mol. The first-order valence-electron chi connectivity index (χ1n) is 14.5. The van der Waals surface area contributed by atoms with Crippen LogP contribution >= 0.6 is 0 Å². The van der Waals surface area contributed by atoms with Gasteiger partial charge in [0.1, 0.15) is 0 Å². The smallest absolute Gasteiger partial charge is 0.322 e. The molecule has 7 heteroatoms. The average Bonchev–Trinajstić information content (AvgIpc) is 3.07. The Morgan fingerprint density at radius 1 is 0.587 bits per heavy atom. The zero-order chi connectivity index (χ0) is 33.1. The van der Waals surface area contributed by atoms with Gasteiger partial charge in [0, 0.05) is 22.5 Å². The Labute approximate surface area is 266 Å². The minimum absolute atomic E-state index is 0.0973. The molecular formula is C39H33F3N2O2. The van der Waals surface area contributed by atoms with Gasteiger partial charge in [0.25, 0.3) is 11.8 Å². The molecule has 0 atom stereocenters. The van der Waals surface area contributed by atoms with Crippen molar-refractivity contribution in [1.82, 2.24) is 0 Å². The first-order valence-corrected chi connectivity index (χ1v) is 14.5. The summed E-state index contributed by atoms with van der Waals surface area (Å²) in [5, 5.41) is 5.81. The van der Waals surface area contributed by atoms with Crippen molar-refractivity contribution in [3.8, 4) is 0 Å². The number of anilines is 2. The van der Waals surface area contributed by atoms with Crippen LogP contribution < -0.4 is 10.6 Å². The first kappa shape index (κ1) is 33.2. The van der Waals surface area contributed by atoms with Gasteiger partial charge < -0.3 is 10.6 Å². The maximum Gasteiger partial charge on any atom is 0.416 e. The fourth-order valence-corrected chi connectivity index (χ4v) is 4.32. The zero-order valence-electron chi connectivity index (χ0n) is 25.4. The second kappa shape index (κ2) is 15.3. The summed E-state index contributed by atoms with van der Waals surface area (Å²) in [4.78, 5) is 24.4. The van der Waals surface area contributed by atoms with E-state index in [-0.39, 0.29) is 11.8 Å². The summed E-state index contributed by atoms with van der Waals surface area (Å²) in [5.41, 5.74) is 6.46. The minimum atomic E-state index is -4.34. The van der Waals surface area contributed by atoms with Crippen molar-refractivity contribution in [2.75, 3.05) is 10.6 Å². The van der Waals surface area contributed by atoms with Crippen LogP contribution in [0.15, 0.2) is 128 Å². The number of halogens is 3. The fourth-order valence-electron chi connectivity index (χ4n) is 4.32. The standard InChI is InChI=1S/C23H18F3NO.C16H15NO/c1-16-7-8-18(10-9-17-11-13-20(14-12-17)23(24,25)26)15-21(16)27-22(28)19-5-3-2-4-6-19;1-3-13-10-9-12(2)15(11-13)17-16(18)14-7-5-4-6-8-14/h2-15H,1H3,(H,27,28);3-11H,1H2,2H3,(H,17,18)/b10-9+;. The third-order valence-electron chi connectivity index (χ3n) is 7.03. The Kier molecular flexibility index (Phi) is 11.1. The molecule has 0 unspecified atom stereocenters. The predicted octanol–water partition coefficient (Wildman–Crippen LogP) is 10.3. The lowest BCUT2D eigenvalue weighted by Crippen LogP contribution is -2.12. The van der Waals surface area contributed by atoms with Crippen LogP contribution in [0, 0.1) is 13.8 Å². The molecule has 5 rings (SSSR count). The number of carbonyl (C=O) groups excluding carboxylic acids is 2. The van der Waals surface area contributed by atoms with Gasteiger partial charge in [-0.25, -0.2) is 0 Å². The van der Waals surface area contributed by atoms with Crippen molar-refractivity contribution in [3.63, 3.8) is 0 Å². The van der Waals surface area contributed by atoms with Gasteiger partial charge in [0.2, 0.25) is 0 Å². The SMILES string of the molecule is C=Cc1ccc(C)c(NC(=O)c2ccccc2)c1.Cc1ccc(/C=C/c2ccc(C(F)(F)F)cc2)cc1NC(=O)c1ccccc1. The highest BCUT2D eigenvalue weighted by molar-refractivity contribution is 6.05. The van der Waals surface area contributed by atoms with Gasteiger partial charge in [-0.1, -0.05) is 97.6 Å². The topological polar surface area (TPSA) is 58.2 Å². The van der Waals surface area contributed by atoms with Crippen molar-refractivity contribution in [1.29, 1.82) is 0 Å². The Balaban J connectivity index is 0.000000230. The van der Waals surface area contributed by atoms with Crippen molar-refractivity contribution < 1.29 is 22.8 Å². The molecule has 5 aromatic rings. The van der Waals surface area contributed by atoms with Gasteiger partial charge in [0.05, 0.1) is 5.56 Å². The van der Waals surface area contributed by atoms with Crippen molar-refractivity contribution in [3.05, 3.63) is 172 Å². The molecule has 2 N–H and O–H groups in total. The van der Waals surface area contributed by atoms with Crippen molar-refractivity contribution in [2.24, 2.45) is 0 Å². The molecule has 0 fully saturated rings. The van der Waals surface area contributed by atoms with E-state index in [2.05, 4.69) is 17.2 Å². The van der Waals surface area contributed by atoms with Crippen molar-refractivity contribution in [2.45, 2.75) is 20.0 Å². The summed E-state index contributed by atoms with van der Waals surface area (Å²) >= 11 is 0. The van der Waals surface area contributed by atoms with Crippen LogP contribution in [-0.4, -0.2) is 11.8 Å². The number of hydrogen-bond donors (Lipinski definition) is 2. The van der Waals surface area contributed by atoms with Crippen LogP contribution in [0.4, 0.5) is 24.5 Å². The van der Waals surface area contributed by atoms with E-state index < -0.39 is 11.7 Å². The summed E-state index contributed by atoms with van der Waals surface area (Å²) < 4.78 is 37.9. The van der Waals surface area contributed by atoms with Crippen LogP contribution in [0.2, 0.25) is 0 Å². The van der Waals surface area contributed by atoms with Gasteiger partial charge >= 0.3 is 6.18 Å². The first-order chi connectivity index (χ1) is 22.0. The fraction of sp³-hybridized carbons (Fsp3) is 0.0769. The molecule has 0 aliphatic carbocycles. The van der Waals surface area contributed by atoms with Crippen LogP contribution in [0.1, 0.15) is 54.1 Å². The number of carbonyl (C=O) groups is 2. The monoisotopic (exact) mass is 618 g/mol. The van der Waals surface area contributed by atoms with E-state index in [0.717, 1.165) is 40.1 Å². The number of alkyl halides is 3. The molecule has 0 heterocycles. The zero-order valence-corrected chi connectivity index (χ0v) is 25.4. The third kappa shape index (κ3) is 9.40. The van der Waals surface area contributed by atoms with Gasteiger partial charge in [0.15, 0.2) is 0 Å². The molecule has 232 valence electrons. The van der Waals surface area contributed by atoms with Gasteiger partial charge in [-0.2, -0.15) is 13.2 Å². The van der Waals surface area contributed by atoms with E-state index in [1.807, 2.05) is 74.5 Å². The lowest BCUT2D eigenvalue weighted by atomic mass is 10.1. The summed E-state index contributed by atoms with van der Waals surface area (Å²) in [6.45, 7) is 7.58. The summed E-state index contributed by atoms with van der Waals surface area (Å²) in [7, 11) is 0. The summed E-state index contributed by atoms with van der Waals surface area (Å²) in [6.07, 6.45) is 0.941. The van der Waals surface area contributed by atoms with Crippen LogP contribution in [-0.2, 0) is 6.18 Å².